The number of aromatic nitrogens is 1. The molecule has 0 spiro atoms. The number of rotatable bonds is 3. The minimum atomic E-state index is -0.0388. The minimum Gasteiger partial charge on any atom is -0.378 e. The number of piperidine rings is 1. The highest BCUT2D eigenvalue weighted by Crippen LogP contribution is 2.19. The van der Waals surface area contributed by atoms with E-state index < -0.39 is 0 Å². The van der Waals surface area contributed by atoms with Crippen molar-refractivity contribution in [3.63, 3.8) is 0 Å². The van der Waals surface area contributed by atoms with Gasteiger partial charge in [0.05, 0.1) is 11.7 Å². The number of carbonyl (C=O) groups is 1. The molecule has 1 fully saturated rings. The van der Waals surface area contributed by atoms with Crippen LogP contribution in [-0.4, -0.2) is 41.6 Å². The molecule has 2 rings (SSSR count). The van der Waals surface area contributed by atoms with Gasteiger partial charge in [0, 0.05) is 25.9 Å². The summed E-state index contributed by atoms with van der Waals surface area (Å²) in [6, 6.07) is 3.44. The second kappa shape index (κ2) is 6.16. The van der Waals surface area contributed by atoms with Gasteiger partial charge in [-0.05, 0) is 31.9 Å². The van der Waals surface area contributed by atoms with E-state index in [4.69, 9.17) is 16.3 Å². The summed E-state index contributed by atoms with van der Waals surface area (Å²) in [4.78, 5) is 18.0. The zero-order valence-corrected chi connectivity index (χ0v) is 11.2. The Bertz CT molecular complexity index is 417. The molecule has 18 heavy (non-hydrogen) atoms. The smallest absolute Gasteiger partial charge is 0.256 e. The van der Waals surface area contributed by atoms with Crippen molar-refractivity contribution >= 4 is 17.5 Å². The van der Waals surface area contributed by atoms with E-state index in [9.17, 15) is 4.79 Å². The first-order valence-electron chi connectivity index (χ1n) is 6.23. The molecule has 4 nitrogen and oxygen atoms in total. The van der Waals surface area contributed by atoms with Crippen LogP contribution in [-0.2, 0) is 4.74 Å². The zero-order valence-electron chi connectivity index (χ0n) is 10.4. The number of likely N-dealkylation sites (tertiary alicyclic amines) is 1. The lowest BCUT2D eigenvalue weighted by Gasteiger charge is -2.31. The lowest BCUT2D eigenvalue weighted by molar-refractivity contribution is 0.0146. The molecule has 1 aliphatic rings. The van der Waals surface area contributed by atoms with Gasteiger partial charge in [-0.2, -0.15) is 0 Å². The van der Waals surface area contributed by atoms with Crippen LogP contribution in [0.3, 0.4) is 0 Å². The van der Waals surface area contributed by atoms with Gasteiger partial charge in [0.25, 0.3) is 5.91 Å². The van der Waals surface area contributed by atoms with Gasteiger partial charge in [-0.1, -0.05) is 11.6 Å². The molecular weight excluding hydrogens is 252 g/mol. The van der Waals surface area contributed by atoms with E-state index >= 15 is 0 Å². The number of pyridine rings is 1. The molecule has 0 saturated carbocycles. The molecule has 0 N–H and O–H groups in total. The maximum Gasteiger partial charge on any atom is 0.256 e. The van der Waals surface area contributed by atoms with Crippen LogP contribution >= 0.6 is 11.6 Å². The Morgan fingerprint density at radius 1 is 1.56 bits per heavy atom. The monoisotopic (exact) mass is 268 g/mol. The van der Waals surface area contributed by atoms with Gasteiger partial charge in [0.2, 0.25) is 0 Å². The summed E-state index contributed by atoms with van der Waals surface area (Å²) in [6.07, 6.45) is 3.64. The van der Waals surface area contributed by atoms with Crippen LogP contribution in [0.4, 0.5) is 0 Å². The molecule has 1 aromatic rings. The third-order valence-corrected chi connectivity index (χ3v) is 3.42. The van der Waals surface area contributed by atoms with Gasteiger partial charge in [0.1, 0.15) is 5.15 Å². The Balaban J connectivity index is 1.98. The lowest BCUT2D eigenvalue weighted by atomic mass is 10.1. The highest BCUT2D eigenvalue weighted by Gasteiger charge is 2.25. The van der Waals surface area contributed by atoms with Crippen LogP contribution in [0.1, 0.15) is 30.1 Å². The van der Waals surface area contributed by atoms with Gasteiger partial charge in [-0.3, -0.25) is 4.79 Å². The first-order valence-corrected chi connectivity index (χ1v) is 6.61. The van der Waals surface area contributed by atoms with Crippen LogP contribution in [0.15, 0.2) is 18.3 Å². The van der Waals surface area contributed by atoms with E-state index in [2.05, 4.69) is 4.98 Å². The van der Waals surface area contributed by atoms with Gasteiger partial charge < -0.3 is 9.64 Å². The zero-order chi connectivity index (χ0) is 13.0. The van der Waals surface area contributed by atoms with Crippen molar-refractivity contribution in [2.24, 2.45) is 0 Å². The molecule has 1 aromatic heterocycles. The van der Waals surface area contributed by atoms with E-state index in [-0.39, 0.29) is 17.2 Å². The standard InChI is InChI=1S/C13H17ClN2O2/c1-2-18-10-5-8-16(9-6-10)13(17)11-4-3-7-15-12(11)14/h3-4,7,10H,2,5-6,8-9H2,1H3. The van der Waals surface area contributed by atoms with Crippen LogP contribution in [0, 0.1) is 0 Å². The third kappa shape index (κ3) is 3.00. The molecule has 5 heteroatoms. The Morgan fingerprint density at radius 2 is 2.28 bits per heavy atom. The average Bonchev–Trinajstić information content (AvgIpc) is 2.40. The van der Waals surface area contributed by atoms with Crippen molar-refractivity contribution in [1.29, 1.82) is 0 Å². The molecule has 0 atom stereocenters. The summed E-state index contributed by atoms with van der Waals surface area (Å²) >= 11 is 5.93. The molecule has 0 aromatic carbocycles. The topological polar surface area (TPSA) is 42.4 Å². The summed E-state index contributed by atoms with van der Waals surface area (Å²) in [5.41, 5.74) is 0.481. The van der Waals surface area contributed by atoms with E-state index in [0.717, 1.165) is 19.4 Å². The van der Waals surface area contributed by atoms with Gasteiger partial charge in [0.15, 0.2) is 0 Å². The minimum absolute atomic E-state index is 0.0388. The summed E-state index contributed by atoms with van der Waals surface area (Å²) < 4.78 is 5.56. The van der Waals surface area contributed by atoms with E-state index in [1.807, 2.05) is 11.8 Å². The van der Waals surface area contributed by atoms with E-state index in [1.54, 1.807) is 18.3 Å². The lowest BCUT2D eigenvalue weighted by Crippen LogP contribution is -2.41. The van der Waals surface area contributed by atoms with Crippen molar-refractivity contribution in [3.05, 3.63) is 29.0 Å². The number of amides is 1. The second-order valence-corrected chi connectivity index (χ2v) is 4.65. The summed E-state index contributed by atoms with van der Waals surface area (Å²) in [5, 5.41) is 0.273. The van der Waals surface area contributed by atoms with Gasteiger partial charge >= 0.3 is 0 Å². The van der Waals surface area contributed by atoms with Crippen molar-refractivity contribution in [1.82, 2.24) is 9.88 Å². The fourth-order valence-electron chi connectivity index (χ4n) is 2.18. The molecular formula is C13H17ClN2O2. The Labute approximate surface area is 112 Å². The van der Waals surface area contributed by atoms with Crippen molar-refractivity contribution in [2.45, 2.75) is 25.9 Å². The predicted molar refractivity (Wildman–Crippen MR) is 69.8 cm³/mol. The first kappa shape index (κ1) is 13.3. The molecule has 0 aliphatic carbocycles. The first-order chi connectivity index (χ1) is 8.72. The number of ether oxygens (including phenoxy) is 1. The quantitative estimate of drug-likeness (QED) is 0.791. The number of halogens is 1. The van der Waals surface area contributed by atoms with Crippen molar-refractivity contribution < 1.29 is 9.53 Å². The molecule has 1 amide bonds. The van der Waals surface area contributed by atoms with Crippen LogP contribution in [0.2, 0.25) is 5.15 Å². The Hall–Kier alpha value is -1.13. The van der Waals surface area contributed by atoms with Crippen molar-refractivity contribution in [3.8, 4) is 0 Å². The summed E-state index contributed by atoms with van der Waals surface area (Å²) in [5.74, 6) is -0.0388. The molecule has 2 heterocycles. The largest absolute Gasteiger partial charge is 0.378 e. The molecule has 0 bridgehead atoms. The number of hydrogen-bond acceptors (Lipinski definition) is 3. The Kier molecular flexibility index (Phi) is 4.55. The normalized spacial score (nSPS) is 16.9. The fourth-order valence-corrected chi connectivity index (χ4v) is 2.38. The highest BCUT2D eigenvalue weighted by atomic mass is 35.5. The maximum atomic E-state index is 12.2. The SMILES string of the molecule is CCOC1CCN(C(=O)c2cccnc2Cl)CC1. The van der Waals surface area contributed by atoms with Gasteiger partial charge in [-0.25, -0.2) is 4.98 Å². The molecule has 0 radical (unpaired) electrons. The fraction of sp³-hybridized carbons (Fsp3) is 0.538. The van der Waals surface area contributed by atoms with E-state index in [0.29, 0.717) is 18.7 Å². The predicted octanol–water partition coefficient (Wildman–Crippen LogP) is 2.38. The third-order valence-electron chi connectivity index (χ3n) is 3.12. The van der Waals surface area contributed by atoms with Crippen LogP contribution in [0.5, 0.6) is 0 Å². The van der Waals surface area contributed by atoms with Crippen LogP contribution < -0.4 is 0 Å². The second-order valence-electron chi connectivity index (χ2n) is 4.29. The number of nitrogens with zero attached hydrogens (tertiary/aromatic N) is 2. The molecule has 1 saturated heterocycles. The number of hydrogen-bond donors (Lipinski definition) is 0. The maximum absolute atomic E-state index is 12.2. The van der Waals surface area contributed by atoms with Gasteiger partial charge in [-0.15, -0.1) is 0 Å². The number of carbonyl (C=O) groups excluding carboxylic acids is 1. The Morgan fingerprint density at radius 3 is 2.89 bits per heavy atom. The molecule has 98 valence electrons. The summed E-state index contributed by atoms with van der Waals surface area (Å²) in [7, 11) is 0. The van der Waals surface area contributed by atoms with Crippen LogP contribution in [0.25, 0.3) is 0 Å². The molecule has 0 unspecified atom stereocenters. The van der Waals surface area contributed by atoms with Crippen molar-refractivity contribution in [2.75, 3.05) is 19.7 Å². The highest BCUT2D eigenvalue weighted by molar-refractivity contribution is 6.32. The van der Waals surface area contributed by atoms with E-state index in [1.165, 1.54) is 0 Å². The molecule has 1 aliphatic heterocycles. The summed E-state index contributed by atoms with van der Waals surface area (Å²) in [6.45, 7) is 4.16. The average molecular weight is 269 g/mol.